The molecule has 0 bridgehead atoms. The van der Waals surface area contributed by atoms with Gasteiger partial charge in [0.05, 0.1) is 11.8 Å². The van der Waals surface area contributed by atoms with Crippen LogP contribution >= 0.6 is 0 Å². The van der Waals surface area contributed by atoms with Gasteiger partial charge in [-0.1, -0.05) is 30.3 Å². The molecule has 29 heavy (non-hydrogen) atoms. The highest BCUT2D eigenvalue weighted by atomic mass is 16.5. The van der Waals surface area contributed by atoms with Crippen molar-refractivity contribution in [3.63, 3.8) is 0 Å². The minimum Gasteiger partial charge on any atom is -0.482 e. The Morgan fingerprint density at radius 1 is 1.28 bits per heavy atom. The maximum atomic E-state index is 12.6. The molecule has 6 nitrogen and oxygen atoms in total. The van der Waals surface area contributed by atoms with Gasteiger partial charge in [-0.2, -0.15) is 0 Å². The van der Waals surface area contributed by atoms with Gasteiger partial charge < -0.3 is 25.0 Å². The third kappa shape index (κ3) is 4.48. The van der Waals surface area contributed by atoms with E-state index in [0.717, 1.165) is 49.5 Å². The smallest absolute Gasteiger partial charge is 0.260 e. The molecule has 6 heteroatoms. The Balaban J connectivity index is 1.32. The number of anilines is 2. The number of hydrogen-bond acceptors (Lipinski definition) is 5. The lowest BCUT2D eigenvalue weighted by Gasteiger charge is -2.23. The van der Waals surface area contributed by atoms with Crippen molar-refractivity contribution in [1.29, 1.82) is 0 Å². The molecule has 4 rings (SSSR count). The second-order valence-electron chi connectivity index (χ2n) is 7.84. The number of rotatable bonds is 7. The summed E-state index contributed by atoms with van der Waals surface area (Å²) in [7, 11) is 1.82. The molecule has 2 aromatic carbocycles. The fourth-order valence-corrected chi connectivity index (χ4v) is 4.08. The first-order valence-corrected chi connectivity index (χ1v) is 10.4. The molecule has 0 aromatic heterocycles. The van der Waals surface area contributed by atoms with Crippen LogP contribution in [0, 0.1) is 0 Å². The van der Waals surface area contributed by atoms with E-state index < -0.39 is 0 Å². The van der Waals surface area contributed by atoms with E-state index in [4.69, 9.17) is 4.74 Å². The Hall–Kier alpha value is -2.73. The molecule has 0 radical (unpaired) electrons. The van der Waals surface area contributed by atoms with Gasteiger partial charge in [0.15, 0.2) is 6.61 Å². The van der Waals surface area contributed by atoms with Crippen LogP contribution in [0.5, 0.6) is 5.75 Å². The lowest BCUT2D eigenvalue weighted by molar-refractivity contribution is -0.132. The Bertz CT molecular complexity index is 870. The van der Waals surface area contributed by atoms with Crippen LogP contribution < -0.4 is 15.0 Å². The molecular formula is C23H29N3O3. The molecule has 0 aliphatic carbocycles. The maximum Gasteiger partial charge on any atom is 0.260 e. The molecular weight excluding hydrogens is 366 g/mol. The van der Waals surface area contributed by atoms with E-state index in [1.54, 1.807) is 4.90 Å². The zero-order valence-corrected chi connectivity index (χ0v) is 16.9. The number of amides is 1. The number of para-hydroxylation sites is 2. The molecule has 2 heterocycles. The summed E-state index contributed by atoms with van der Waals surface area (Å²) in [4.78, 5) is 16.5. The van der Waals surface area contributed by atoms with E-state index >= 15 is 0 Å². The number of carbonyl (C=O) groups is 1. The maximum absolute atomic E-state index is 12.6. The molecule has 0 spiro atoms. The van der Waals surface area contributed by atoms with Gasteiger partial charge in [0.1, 0.15) is 5.75 Å². The first kappa shape index (κ1) is 19.6. The quantitative estimate of drug-likeness (QED) is 0.753. The highest BCUT2D eigenvalue weighted by Gasteiger charge is 2.22. The van der Waals surface area contributed by atoms with Crippen molar-refractivity contribution in [2.75, 3.05) is 50.1 Å². The topological polar surface area (TPSA) is 65.0 Å². The number of β-amino-alcohol motifs (C(OH)–C–C–N with tert-alkyl or cyclic N) is 1. The number of hydrogen-bond donors (Lipinski definition) is 2. The molecule has 1 amide bonds. The zero-order valence-electron chi connectivity index (χ0n) is 16.9. The predicted molar refractivity (Wildman–Crippen MR) is 115 cm³/mol. The molecule has 2 aliphatic heterocycles. The molecule has 1 saturated heterocycles. The Morgan fingerprint density at radius 3 is 2.97 bits per heavy atom. The highest BCUT2D eigenvalue weighted by molar-refractivity contribution is 5.78. The van der Waals surface area contributed by atoms with E-state index in [9.17, 15) is 9.90 Å². The van der Waals surface area contributed by atoms with Gasteiger partial charge in [0.25, 0.3) is 5.91 Å². The fraction of sp³-hybridized carbons (Fsp3) is 0.435. The fourth-order valence-electron chi connectivity index (χ4n) is 4.08. The summed E-state index contributed by atoms with van der Waals surface area (Å²) in [5, 5.41) is 13.2. The number of ether oxygens (including phenoxy) is 1. The van der Waals surface area contributed by atoms with Crippen molar-refractivity contribution in [2.24, 2.45) is 0 Å². The molecule has 0 unspecified atom stereocenters. The number of aliphatic hydroxyl groups is 1. The third-order valence-electron chi connectivity index (χ3n) is 5.80. The lowest BCUT2D eigenvalue weighted by atomic mass is 10.1. The van der Waals surface area contributed by atoms with Crippen LogP contribution in [0.15, 0.2) is 42.5 Å². The predicted octanol–water partition coefficient (Wildman–Crippen LogP) is 2.31. The van der Waals surface area contributed by atoms with Crippen LogP contribution in [-0.4, -0.2) is 61.9 Å². The van der Waals surface area contributed by atoms with Crippen LogP contribution in [-0.2, 0) is 17.6 Å². The first-order chi connectivity index (χ1) is 14.1. The number of carbonyl (C=O) groups excluding carboxylic acids is 1. The minimum absolute atomic E-state index is 0.0327. The van der Waals surface area contributed by atoms with E-state index in [-0.39, 0.29) is 18.6 Å². The average molecular weight is 396 g/mol. The molecule has 1 atom stereocenters. The first-order valence-electron chi connectivity index (χ1n) is 10.4. The van der Waals surface area contributed by atoms with Crippen molar-refractivity contribution in [3.8, 4) is 5.75 Å². The molecule has 1 fully saturated rings. The number of nitrogens with zero attached hydrogens (tertiary/aromatic N) is 2. The van der Waals surface area contributed by atoms with Gasteiger partial charge in [0, 0.05) is 38.9 Å². The second-order valence-corrected chi connectivity index (χ2v) is 7.84. The van der Waals surface area contributed by atoms with E-state index in [0.29, 0.717) is 13.1 Å². The number of benzene rings is 2. The monoisotopic (exact) mass is 395 g/mol. The van der Waals surface area contributed by atoms with Crippen molar-refractivity contribution in [3.05, 3.63) is 53.6 Å². The van der Waals surface area contributed by atoms with Crippen LogP contribution in [0.4, 0.5) is 11.4 Å². The summed E-state index contributed by atoms with van der Waals surface area (Å²) in [6.07, 6.45) is 2.32. The van der Waals surface area contributed by atoms with Crippen LogP contribution in [0.3, 0.4) is 0 Å². The van der Waals surface area contributed by atoms with Gasteiger partial charge in [-0.05, 0) is 42.5 Å². The van der Waals surface area contributed by atoms with Crippen molar-refractivity contribution in [2.45, 2.75) is 25.4 Å². The summed E-state index contributed by atoms with van der Waals surface area (Å²) in [6.45, 7) is 3.12. The molecule has 2 N–H and O–H groups in total. The summed E-state index contributed by atoms with van der Waals surface area (Å²) >= 11 is 0. The Kier molecular flexibility index (Phi) is 5.90. The average Bonchev–Trinajstić information content (AvgIpc) is 3.39. The van der Waals surface area contributed by atoms with Crippen molar-refractivity contribution >= 4 is 17.3 Å². The molecule has 2 aliphatic rings. The van der Waals surface area contributed by atoms with E-state index in [2.05, 4.69) is 28.4 Å². The SMILES string of the molecule is CN(CCc1ccccc1N1CC[C@H](O)C1)C(=O)COc1cccc2c1NCC2. The molecule has 0 saturated carbocycles. The van der Waals surface area contributed by atoms with Crippen molar-refractivity contribution in [1.82, 2.24) is 4.90 Å². The van der Waals surface area contributed by atoms with Gasteiger partial charge >= 0.3 is 0 Å². The van der Waals surface area contributed by atoms with Gasteiger partial charge in [0.2, 0.25) is 0 Å². The largest absolute Gasteiger partial charge is 0.482 e. The zero-order chi connectivity index (χ0) is 20.2. The number of fused-ring (bicyclic) bond motifs is 1. The molecule has 2 aromatic rings. The standard InChI is InChI=1S/C23H29N3O3/c1-25(22(28)16-29-21-8-4-6-18-9-12-24-23(18)21)13-10-17-5-2-3-7-20(17)26-14-11-19(27)15-26/h2-8,19,24,27H,9-16H2,1H3/t19-/m0/s1. The summed E-state index contributed by atoms with van der Waals surface area (Å²) < 4.78 is 5.81. The van der Waals surface area contributed by atoms with Crippen LogP contribution in [0.25, 0.3) is 0 Å². The van der Waals surface area contributed by atoms with Gasteiger partial charge in [-0.15, -0.1) is 0 Å². The van der Waals surface area contributed by atoms with E-state index in [1.807, 2.05) is 31.3 Å². The Morgan fingerprint density at radius 2 is 2.14 bits per heavy atom. The summed E-state index contributed by atoms with van der Waals surface area (Å²) in [6, 6.07) is 14.2. The van der Waals surface area contributed by atoms with Gasteiger partial charge in [-0.25, -0.2) is 0 Å². The normalized spacial score (nSPS) is 17.7. The summed E-state index contributed by atoms with van der Waals surface area (Å²) in [5.41, 5.74) is 4.62. The Labute approximate surface area is 172 Å². The van der Waals surface area contributed by atoms with E-state index in [1.165, 1.54) is 11.1 Å². The van der Waals surface area contributed by atoms with Crippen molar-refractivity contribution < 1.29 is 14.6 Å². The number of nitrogens with one attached hydrogen (secondary N) is 1. The van der Waals surface area contributed by atoms with Crippen LogP contribution in [0.2, 0.25) is 0 Å². The number of likely N-dealkylation sites (N-methyl/N-ethyl adjacent to an activating group) is 1. The molecule has 154 valence electrons. The minimum atomic E-state index is -0.251. The van der Waals surface area contributed by atoms with Crippen LogP contribution in [0.1, 0.15) is 17.5 Å². The third-order valence-corrected chi connectivity index (χ3v) is 5.80. The lowest BCUT2D eigenvalue weighted by Crippen LogP contribution is -2.33. The number of aliphatic hydroxyl groups excluding tert-OH is 1. The van der Waals surface area contributed by atoms with Gasteiger partial charge in [-0.3, -0.25) is 4.79 Å². The highest BCUT2D eigenvalue weighted by Crippen LogP contribution is 2.32. The second kappa shape index (κ2) is 8.74. The summed E-state index contributed by atoms with van der Waals surface area (Å²) in [5.74, 6) is 0.717.